The van der Waals surface area contributed by atoms with Gasteiger partial charge in [-0.15, -0.1) is 11.3 Å². The number of hydrogen-bond donors (Lipinski definition) is 0. The number of rotatable bonds is 10. The maximum atomic E-state index is 12.8. The van der Waals surface area contributed by atoms with Crippen molar-refractivity contribution < 1.29 is 4.79 Å². The van der Waals surface area contributed by atoms with Crippen molar-refractivity contribution in [3.63, 3.8) is 0 Å². The van der Waals surface area contributed by atoms with Gasteiger partial charge < -0.3 is 4.90 Å². The van der Waals surface area contributed by atoms with Gasteiger partial charge in [0.2, 0.25) is 0 Å². The highest BCUT2D eigenvalue weighted by Gasteiger charge is 2.33. The van der Waals surface area contributed by atoms with Crippen LogP contribution in [0.15, 0.2) is 3.79 Å². The van der Waals surface area contributed by atoms with Crippen LogP contribution in [-0.4, -0.2) is 30.8 Å². The maximum absolute atomic E-state index is 12.8. The summed E-state index contributed by atoms with van der Waals surface area (Å²) >= 11 is 5.55. The first-order chi connectivity index (χ1) is 13.3. The summed E-state index contributed by atoms with van der Waals surface area (Å²) in [5.74, 6) is 2.41. The first-order valence-corrected chi connectivity index (χ1v) is 12.9. The molecule has 0 aliphatic heterocycles. The van der Waals surface area contributed by atoms with Gasteiger partial charge in [-0.1, -0.05) is 33.6 Å². The summed E-state index contributed by atoms with van der Waals surface area (Å²) in [4.78, 5) is 16.6. The van der Waals surface area contributed by atoms with E-state index >= 15 is 0 Å². The Bertz CT molecular complexity index is 631. The fraction of sp³-hybridized carbons (Fsp3) is 0.792. The van der Waals surface area contributed by atoms with Gasteiger partial charge in [-0.3, -0.25) is 4.79 Å². The number of thiophene rings is 1. The molecule has 28 heavy (non-hydrogen) atoms. The second kappa shape index (κ2) is 11.3. The zero-order chi connectivity index (χ0) is 20.8. The van der Waals surface area contributed by atoms with Crippen LogP contribution in [0, 0.1) is 18.8 Å². The second-order valence-electron chi connectivity index (χ2n) is 9.04. The Kier molecular flexibility index (Phi) is 9.69. The van der Waals surface area contributed by atoms with Gasteiger partial charge in [0.05, 0.1) is 3.79 Å². The molecule has 0 N–H and O–H groups in total. The first-order valence-electron chi connectivity index (χ1n) is 11.3. The smallest absolute Gasteiger partial charge is 0.165 e. The minimum absolute atomic E-state index is 0.319. The van der Waals surface area contributed by atoms with Crippen LogP contribution in [0.2, 0.25) is 0 Å². The Labute approximate surface area is 185 Å². The van der Waals surface area contributed by atoms with E-state index in [2.05, 4.69) is 62.6 Å². The number of hydrogen-bond acceptors (Lipinski definition) is 3. The first kappa shape index (κ1) is 24.1. The third-order valence-electron chi connectivity index (χ3n) is 6.93. The maximum Gasteiger partial charge on any atom is 0.165 e. The second-order valence-corrected chi connectivity index (χ2v) is 11.4. The molecule has 2 unspecified atom stereocenters. The molecule has 2 rings (SSSR count). The van der Waals surface area contributed by atoms with Gasteiger partial charge in [0.1, 0.15) is 0 Å². The number of ketones is 1. The minimum Gasteiger partial charge on any atom is -0.306 e. The molecule has 1 aromatic heterocycles. The van der Waals surface area contributed by atoms with Crippen molar-refractivity contribution in [3.05, 3.63) is 19.8 Å². The highest BCUT2D eigenvalue weighted by Crippen LogP contribution is 2.46. The molecule has 160 valence electrons. The Morgan fingerprint density at radius 2 is 1.82 bits per heavy atom. The summed E-state index contributed by atoms with van der Waals surface area (Å²) in [6, 6.07) is 0.759. The van der Waals surface area contributed by atoms with E-state index in [1.165, 1.54) is 49.0 Å². The standard InChI is InChI=1S/C24H40BrNOS/c1-7-9-11-21(27)22-17(4)23(28-24(22)25)16(3)20(10-8-2)18-12-14-19(15-13-18)26(5)6/h16,18-20H,7-15H2,1-6H3/t16?,18-,19-,20?. The van der Waals surface area contributed by atoms with E-state index < -0.39 is 0 Å². The van der Waals surface area contributed by atoms with Crippen molar-refractivity contribution in [2.75, 3.05) is 14.1 Å². The molecule has 0 aromatic carbocycles. The van der Waals surface area contributed by atoms with Gasteiger partial charge in [0.15, 0.2) is 5.78 Å². The molecule has 0 radical (unpaired) electrons. The van der Waals surface area contributed by atoms with Crippen LogP contribution in [0.25, 0.3) is 0 Å². The third kappa shape index (κ3) is 5.70. The van der Waals surface area contributed by atoms with Crippen LogP contribution in [0.4, 0.5) is 0 Å². The lowest BCUT2D eigenvalue weighted by Gasteiger charge is -2.39. The lowest BCUT2D eigenvalue weighted by Crippen LogP contribution is -2.34. The molecule has 4 heteroatoms. The molecule has 1 saturated carbocycles. The molecule has 0 saturated heterocycles. The molecule has 2 nitrogen and oxygen atoms in total. The van der Waals surface area contributed by atoms with E-state index in [0.717, 1.165) is 40.1 Å². The molecule has 2 atom stereocenters. The molecule has 0 spiro atoms. The molecule has 1 aliphatic carbocycles. The number of unbranched alkanes of at least 4 members (excludes halogenated alkanes) is 1. The van der Waals surface area contributed by atoms with Gasteiger partial charge >= 0.3 is 0 Å². The van der Waals surface area contributed by atoms with Gasteiger partial charge in [-0.05, 0) is 98.8 Å². The molecule has 1 aliphatic rings. The highest BCUT2D eigenvalue weighted by atomic mass is 79.9. The third-order valence-corrected chi connectivity index (χ3v) is 9.10. The summed E-state index contributed by atoms with van der Waals surface area (Å²) in [6.45, 7) is 9.07. The van der Waals surface area contributed by atoms with Gasteiger partial charge in [0.25, 0.3) is 0 Å². The molecule has 1 fully saturated rings. The molecular weight excluding hydrogens is 430 g/mol. The summed E-state index contributed by atoms with van der Waals surface area (Å²) in [6.07, 6.45) is 10.6. The number of carbonyl (C=O) groups is 1. The van der Waals surface area contributed by atoms with E-state index in [9.17, 15) is 4.79 Å². The largest absolute Gasteiger partial charge is 0.306 e. The molecule has 0 bridgehead atoms. The normalized spacial score (nSPS) is 22.4. The predicted molar refractivity (Wildman–Crippen MR) is 127 cm³/mol. The fourth-order valence-corrected chi connectivity index (χ4v) is 7.40. The number of Topliss-reactive ketones (excluding diaryl/α,β-unsaturated/α-hetero) is 1. The monoisotopic (exact) mass is 469 g/mol. The lowest BCUT2D eigenvalue weighted by atomic mass is 9.71. The summed E-state index contributed by atoms with van der Waals surface area (Å²) < 4.78 is 1.06. The minimum atomic E-state index is 0.319. The zero-order valence-corrected chi connectivity index (χ0v) is 21.2. The average Bonchev–Trinajstić information content (AvgIpc) is 2.98. The van der Waals surface area contributed by atoms with Gasteiger partial charge in [0, 0.05) is 22.9 Å². The van der Waals surface area contributed by atoms with E-state index in [0.29, 0.717) is 18.1 Å². The lowest BCUT2D eigenvalue weighted by molar-refractivity contribution is 0.0979. The van der Waals surface area contributed by atoms with Crippen molar-refractivity contribution in [1.29, 1.82) is 0 Å². The van der Waals surface area contributed by atoms with Crippen LogP contribution in [0.3, 0.4) is 0 Å². The van der Waals surface area contributed by atoms with Crippen molar-refractivity contribution in [1.82, 2.24) is 4.90 Å². The van der Waals surface area contributed by atoms with Crippen molar-refractivity contribution in [2.45, 2.75) is 97.4 Å². The average molecular weight is 471 g/mol. The van der Waals surface area contributed by atoms with Crippen LogP contribution in [0.1, 0.15) is 105 Å². The van der Waals surface area contributed by atoms with E-state index in [-0.39, 0.29) is 0 Å². The Hall–Kier alpha value is -0.190. The van der Waals surface area contributed by atoms with Gasteiger partial charge in [-0.2, -0.15) is 0 Å². The molecule has 1 aromatic rings. The van der Waals surface area contributed by atoms with E-state index in [4.69, 9.17) is 0 Å². The summed E-state index contributed by atoms with van der Waals surface area (Å²) in [5, 5.41) is 0. The van der Waals surface area contributed by atoms with Crippen molar-refractivity contribution in [2.24, 2.45) is 11.8 Å². The molecule has 1 heterocycles. The van der Waals surface area contributed by atoms with Gasteiger partial charge in [-0.25, -0.2) is 0 Å². The molecular formula is C24H40BrNOS. The highest BCUT2D eigenvalue weighted by molar-refractivity contribution is 9.11. The number of carbonyl (C=O) groups excluding carboxylic acids is 1. The summed E-state index contributed by atoms with van der Waals surface area (Å²) in [7, 11) is 4.45. The SMILES string of the molecule is CCCCC(=O)c1c(Br)sc(C(C)C(CCC)[C@H]2CC[C@H](N(C)C)CC2)c1C. The Balaban J connectivity index is 2.19. The molecule has 0 amide bonds. The fourth-order valence-electron chi connectivity index (χ4n) is 5.18. The van der Waals surface area contributed by atoms with E-state index in [1.807, 2.05) is 11.3 Å². The number of nitrogens with zero attached hydrogens (tertiary/aromatic N) is 1. The predicted octanol–water partition coefficient (Wildman–Crippen LogP) is 7.83. The Morgan fingerprint density at radius 1 is 1.18 bits per heavy atom. The van der Waals surface area contributed by atoms with Crippen LogP contribution in [-0.2, 0) is 0 Å². The topological polar surface area (TPSA) is 20.3 Å². The van der Waals surface area contributed by atoms with Crippen LogP contribution >= 0.6 is 27.3 Å². The Morgan fingerprint density at radius 3 is 2.36 bits per heavy atom. The quantitative estimate of drug-likeness (QED) is 0.325. The van der Waals surface area contributed by atoms with E-state index in [1.54, 1.807) is 0 Å². The summed E-state index contributed by atoms with van der Waals surface area (Å²) in [5.41, 5.74) is 2.21. The van der Waals surface area contributed by atoms with Crippen molar-refractivity contribution >= 4 is 33.0 Å². The van der Waals surface area contributed by atoms with Crippen LogP contribution < -0.4 is 0 Å². The van der Waals surface area contributed by atoms with Crippen LogP contribution in [0.5, 0.6) is 0 Å². The van der Waals surface area contributed by atoms with Crippen molar-refractivity contribution in [3.8, 4) is 0 Å². The number of halogens is 1. The zero-order valence-electron chi connectivity index (χ0n) is 18.8.